The predicted octanol–water partition coefficient (Wildman–Crippen LogP) is -1.08. The fraction of sp³-hybridized carbons (Fsp3) is 0.286. The van der Waals surface area contributed by atoms with Gasteiger partial charge in [-0.2, -0.15) is 24.7 Å². The van der Waals surface area contributed by atoms with Crippen LogP contribution >= 0.6 is 0 Å². The maximum atomic E-state index is 5.56. The standard InChI is InChI=1S/C7H11N9/c1-15(2)14-6-11-5(8)12-7(13-6)16-4-9-3-10-16/h3-4H,1-2H3,(H3,8,11,12,13,14). The average molecular weight is 221 g/mol. The van der Waals surface area contributed by atoms with Crippen molar-refractivity contribution in [1.29, 1.82) is 0 Å². The van der Waals surface area contributed by atoms with Gasteiger partial charge in [0.15, 0.2) is 0 Å². The molecule has 2 aromatic rings. The normalized spacial score (nSPS) is 10.7. The van der Waals surface area contributed by atoms with Gasteiger partial charge in [-0.05, 0) is 0 Å². The van der Waals surface area contributed by atoms with Crippen LogP contribution in [0, 0.1) is 0 Å². The molecule has 2 rings (SSSR count). The molecule has 9 heteroatoms. The van der Waals surface area contributed by atoms with E-state index in [0.29, 0.717) is 11.9 Å². The molecule has 2 aromatic heterocycles. The van der Waals surface area contributed by atoms with Crippen molar-refractivity contribution in [3.05, 3.63) is 12.7 Å². The number of nitrogens with zero attached hydrogens (tertiary/aromatic N) is 7. The van der Waals surface area contributed by atoms with E-state index in [9.17, 15) is 0 Å². The fourth-order valence-electron chi connectivity index (χ4n) is 1.04. The Hall–Kier alpha value is -2.29. The van der Waals surface area contributed by atoms with Crippen molar-refractivity contribution in [3.63, 3.8) is 0 Å². The number of hydrogen-bond donors (Lipinski definition) is 2. The molecule has 84 valence electrons. The van der Waals surface area contributed by atoms with E-state index < -0.39 is 0 Å². The lowest BCUT2D eigenvalue weighted by Crippen LogP contribution is -2.22. The summed E-state index contributed by atoms with van der Waals surface area (Å²) < 4.78 is 1.40. The second-order valence-electron chi connectivity index (χ2n) is 3.16. The topological polar surface area (TPSA) is 111 Å². The number of aromatic nitrogens is 6. The maximum absolute atomic E-state index is 5.56. The number of nitrogens with one attached hydrogen (secondary N) is 1. The molecule has 0 unspecified atom stereocenters. The Kier molecular flexibility index (Phi) is 2.60. The summed E-state index contributed by atoms with van der Waals surface area (Å²) in [5.74, 6) is 0.780. The van der Waals surface area contributed by atoms with Gasteiger partial charge in [-0.25, -0.2) is 9.99 Å². The zero-order valence-electron chi connectivity index (χ0n) is 8.86. The number of hydrazine groups is 1. The number of rotatable bonds is 3. The lowest BCUT2D eigenvalue weighted by Gasteiger charge is -2.11. The van der Waals surface area contributed by atoms with Crippen LogP contribution in [0.1, 0.15) is 0 Å². The van der Waals surface area contributed by atoms with Gasteiger partial charge in [0.05, 0.1) is 0 Å². The van der Waals surface area contributed by atoms with Gasteiger partial charge in [-0.1, -0.05) is 0 Å². The van der Waals surface area contributed by atoms with Crippen LogP contribution in [-0.2, 0) is 0 Å². The summed E-state index contributed by atoms with van der Waals surface area (Å²) in [7, 11) is 3.63. The van der Waals surface area contributed by atoms with E-state index in [1.165, 1.54) is 17.3 Å². The van der Waals surface area contributed by atoms with E-state index in [2.05, 4.69) is 30.5 Å². The summed E-state index contributed by atoms with van der Waals surface area (Å²) in [5, 5.41) is 5.60. The summed E-state index contributed by atoms with van der Waals surface area (Å²) in [4.78, 5) is 15.8. The molecule has 0 aliphatic carbocycles. The number of nitrogens with two attached hydrogens (primary N) is 1. The van der Waals surface area contributed by atoms with Crippen molar-refractivity contribution < 1.29 is 0 Å². The lowest BCUT2D eigenvalue weighted by atomic mass is 10.8. The van der Waals surface area contributed by atoms with Crippen molar-refractivity contribution in [2.75, 3.05) is 25.3 Å². The smallest absolute Gasteiger partial charge is 0.258 e. The molecule has 16 heavy (non-hydrogen) atoms. The summed E-state index contributed by atoms with van der Waals surface area (Å²) in [6.45, 7) is 0. The Morgan fingerprint density at radius 2 is 2.12 bits per heavy atom. The lowest BCUT2D eigenvalue weighted by molar-refractivity contribution is 0.488. The van der Waals surface area contributed by atoms with Crippen molar-refractivity contribution in [1.82, 2.24) is 34.7 Å². The van der Waals surface area contributed by atoms with Crippen molar-refractivity contribution in [2.45, 2.75) is 0 Å². The van der Waals surface area contributed by atoms with Gasteiger partial charge >= 0.3 is 0 Å². The summed E-state index contributed by atoms with van der Waals surface area (Å²) in [6, 6.07) is 0. The third-order valence-electron chi connectivity index (χ3n) is 1.59. The largest absolute Gasteiger partial charge is 0.368 e. The van der Waals surface area contributed by atoms with Gasteiger partial charge in [0.1, 0.15) is 12.7 Å². The summed E-state index contributed by atoms with van der Waals surface area (Å²) >= 11 is 0. The second kappa shape index (κ2) is 4.06. The molecule has 0 aliphatic rings. The van der Waals surface area contributed by atoms with E-state index >= 15 is 0 Å². The second-order valence-corrected chi connectivity index (χ2v) is 3.16. The molecule has 0 radical (unpaired) electrons. The van der Waals surface area contributed by atoms with Crippen LogP contribution in [0.2, 0.25) is 0 Å². The third-order valence-corrected chi connectivity index (χ3v) is 1.59. The Balaban J connectivity index is 2.36. The van der Waals surface area contributed by atoms with Gasteiger partial charge in [0.2, 0.25) is 11.9 Å². The number of anilines is 2. The molecule has 0 amide bonds. The molecule has 0 bridgehead atoms. The first-order valence-corrected chi connectivity index (χ1v) is 4.45. The van der Waals surface area contributed by atoms with Crippen LogP contribution in [0.4, 0.5) is 11.9 Å². The van der Waals surface area contributed by atoms with E-state index in [0.717, 1.165) is 0 Å². The molecule has 0 aromatic carbocycles. The zero-order valence-corrected chi connectivity index (χ0v) is 8.86. The highest BCUT2D eigenvalue weighted by molar-refractivity contribution is 5.33. The van der Waals surface area contributed by atoms with E-state index in [1.54, 1.807) is 5.01 Å². The molecule has 0 spiro atoms. The number of hydrogen-bond acceptors (Lipinski definition) is 8. The average Bonchev–Trinajstić information content (AvgIpc) is 2.67. The van der Waals surface area contributed by atoms with Crippen LogP contribution in [0.15, 0.2) is 12.7 Å². The van der Waals surface area contributed by atoms with Gasteiger partial charge in [0.25, 0.3) is 5.95 Å². The van der Waals surface area contributed by atoms with Crippen LogP contribution in [0.3, 0.4) is 0 Å². The predicted molar refractivity (Wildman–Crippen MR) is 56.5 cm³/mol. The van der Waals surface area contributed by atoms with Crippen LogP contribution < -0.4 is 11.2 Å². The minimum Gasteiger partial charge on any atom is -0.368 e. The molecular weight excluding hydrogens is 210 g/mol. The fourth-order valence-corrected chi connectivity index (χ4v) is 1.04. The Labute approximate surface area is 91.3 Å². The van der Waals surface area contributed by atoms with Gasteiger partial charge in [-0.3, -0.25) is 5.43 Å². The Morgan fingerprint density at radius 3 is 2.75 bits per heavy atom. The molecule has 3 N–H and O–H groups in total. The third kappa shape index (κ3) is 2.20. The highest BCUT2D eigenvalue weighted by Crippen LogP contribution is 2.05. The zero-order chi connectivity index (χ0) is 11.5. The number of nitrogen functional groups attached to an aromatic ring is 1. The van der Waals surface area contributed by atoms with E-state index in [1.807, 2.05) is 14.1 Å². The first-order valence-electron chi connectivity index (χ1n) is 4.45. The van der Waals surface area contributed by atoms with E-state index in [4.69, 9.17) is 5.73 Å². The molecule has 0 aliphatic heterocycles. The van der Waals surface area contributed by atoms with Crippen molar-refractivity contribution in [2.24, 2.45) is 0 Å². The van der Waals surface area contributed by atoms with Gasteiger partial charge in [-0.15, -0.1) is 0 Å². The van der Waals surface area contributed by atoms with Gasteiger partial charge < -0.3 is 5.73 Å². The highest BCUT2D eigenvalue weighted by Gasteiger charge is 2.06. The first kappa shape index (κ1) is 10.2. The molecule has 0 fully saturated rings. The Bertz CT molecular complexity index is 463. The molecule has 9 nitrogen and oxygen atoms in total. The van der Waals surface area contributed by atoms with Crippen molar-refractivity contribution >= 4 is 11.9 Å². The molecule has 2 heterocycles. The molecule has 0 saturated heterocycles. The van der Waals surface area contributed by atoms with Gasteiger partial charge in [0, 0.05) is 14.1 Å². The molecule has 0 saturated carbocycles. The van der Waals surface area contributed by atoms with Crippen LogP contribution in [0.5, 0.6) is 0 Å². The monoisotopic (exact) mass is 221 g/mol. The summed E-state index contributed by atoms with van der Waals surface area (Å²) in [6.07, 6.45) is 2.87. The summed E-state index contributed by atoms with van der Waals surface area (Å²) in [5.41, 5.74) is 8.44. The molecular formula is C7H11N9. The highest BCUT2D eigenvalue weighted by atomic mass is 15.5. The quantitative estimate of drug-likeness (QED) is 0.630. The van der Waals surface area contributed by atoms with E-state index in [-0.39, 0.29) is 5.95 Å². The van der Waals surface area contributed by atoms with Crippen LogP contribution in [0.25, 0.3) is 5.95 Å². The van der Waals surface area contributed by atoms with Crippen LogP contribution in [-0.4, -0.2) is 48.8 Å². The minimum absolute atomic E-state index is 0.116. The minimum atomic E-state index is 0.116. The molecule has 0 atom stereocenters. The first-order chi connectivity index (χ1) is 7.65. The SMILES string of the molecule is CN(C)Nc1nc(N)nc(-n2cncn2)n1. The van der Waals surface area contributed by atoms with Crippen molar-refractivity contribution in [3.8, 4) is 5.95 Å². The maximum Gasteiger partial charge on any atom is 0.258 e. The Morgan fingerprint density at radius 1 is 1.31 bits per heavy atom.